The van der Waals surface area contributed by atoms with Crippen LogP contribution in [0.15, 0.2) is 24.3 Å². The molecule has 2 rings (SSSR count). The minimum atomic E-state index is -0.380. The molecule has 1 atom stereocenters. The lowest BCUT2D eigenvalue weighted by molar-refractivity contribution is -0.130. The number of carbonyl (C=O) groups excluding carboxylic acids is 2. The summed E-state index contributed by atoms with van der Waals surface area (Å²) in [4.78, 5) is 24.3. The maximum absolute atomic E-state index is 12.7. The van der Waals surface area contributed by atoms with Gasteiger partial charge in [0.25, 0.3) is 0 Å². The predicted octanol–water partition coefficient (Wildman–Crippen LogP) is 3.76. The van der Waals surface area contributed by atoms with Crippen LogP contribution in [0.5, 0.6) is 0 Å². The van der Waals surface area contributed by atoms with Gasteiger partial charge in [0.15, 0.2) is 0 Å². The van der Waals surface area contributed by atoms with E-state index in [0.29, 0.717) is 6.42 Å². The topological polar surface area (TPSA) is 58.2 Å². The van der Waals surface area contributed by atoms with Gasteiger partial charge in [-0.1, -0.05) is 32.4 Å². The second-order valence-corrected chi connectivity index (χ2v) is 6.59. The fourth-order valence-corrected chi connectivity index (χ4v) is 2.96. The van der Waals surface area contributed by atoms with E-state index in [9.17, 15) is 9.59 Å². The van der Waals surface area contributed by atoms with E-state index < -0.39 is 0 Å². The van der Waals surface area contributed by atoms with Gasteiger partial charge in [-0.25, -0.2) is 0 Å². The Morgan fingerprint density at radius 1 is 1.17 bits per heavy atom. The highest BCUT2D eigenvalue weighted by molar-refractivity contribution is 5.91. The Bertz CT molecular complexity index is 547. The summed E-state index contributed by atoms with van der Waals surface area (Å²) in [5.41, 5.74) is 1.47. The summed E-state index contributed by atoms with van der Waals surface area (Å²) in [5.74, 6) is 0.175. The summed E-state index contributed by atoms with van der Waals surface area (Å²) in [7, 11) is 0. The SMILES string of the molecule is CCCC(=O)Nc1ccc(C2(C(=O)N[C@H](C)CC)CCC2)cc1. The van der Waals surface area contributed by atoms with Crippen molar-refractivity contribution < 1.29 is 9.59 Å². The molecular weight excluding hydrogens is 288 g/mol. The molecule has 126 valence electrons. The summed E-state index contributed by atoms with van der Waals surface area (Å²) < 4.78 is 0. The van der Waals surface area contributed by atoms with Gasteiger partial charge >= 0.3 is 0 Å². The lowest BCUT2D eigenvalue weighted by Crippen LogP contribution is -2.51. The molecule has 1 aliphatic rings. The van der Waals surface area contributed by atoms with Crippen molar-refractivity contribution >= 4 is 17.5 Å². The van der Waals surface area contributed by atoms with Gasteiger partial charge in [-0.3, -0.25) is 9.59 Å². The minimum Gasteiger partial charge on any atom is -0.353 e. The van der Waals surface area contributed by atoms with Crippen molar-refractivity contribution in [3.05, 3.63) is 29.8 Å². The van der Waals surface area contributed by atoms with Gasteiger partial charge in [0.2, 0.25) is 11.8 Å². The van der Waals surface area contributed by atoms with Gasteiger partial charge in [-0.05, 0) is 50.3 Å². The quantitative estimate of drug-likeness (QED) is 0.804. The first kappa shape index (κ1) is 17.5. The molecule has 0 aliphatic heterocycles. The molecule has 0 saturated heterocycles. The first-order valence-corrected chi connectivity index (χ1v) is 8.73. The molecule has 4 nitrogen and oxygen atoms in total. The second kappa shape index (κ2) is 7.62. The van der Waals surface area contributed by atoms with Gasteiger partial charge in [0, 0.05) is 18.2 Å². The molecule has 1 aromatic carbocycles. The molecule has 0 heterocycles. The summed E-state index contributed by atoms with van der Waals surface area (Å²) in [6.07, 6.45) is 5.19. The zero-order valence-electron chi connectivity index (χ0n) is 14.4. The molecule has 0 unspecified atom stereocenters. The molecule has 0 bridgehead atoms. The van der Waals surface area contributed by atoms with E-state index in [1.54, 1.807) is 0 Å². The Labute approximate surface area is 139 Å². The monoisotopic (exact) mass is 316 g/mol. The van der Waals surface area contributed by atoms with E-state index >= 15 is 0 Å². The van der Waals surface area contributed by atoms with Crippen LogP contribution in [0, 0.1) is 0 Å². The predicted molar refractivity (Wildman–Crippen MR) is 93.4 cm³/mol. The molecule has 0 spiro atoms. The van der Waals surface area contributed by atoms with Crippen LogP contribution in [0.3, 0.4) is 0 Å². The number of hydrogen-bond donors (Lipinski definition) is 2. The lowest BCUT2D eigenvalue weighted by Gasteiger charge is -2.41. The molecule has 2 amide bonds. The summed E-state index contributed by atoms with van der Waals surface area (Å²) >= 11 is 0. The van der Waals surface area contributed by atoms with E-state index in [0.717, 1.165) is 43.4 Å². The number of hydrogen-bond acceptors (Lipinski definition) is 2. The Morgan fingerprint density at radius 3 is 2.30 bits per heavy atom. The zero-order chi connectivity index (χ0) is 16.9. The van der Waals surface area contributed by atoms with Crippen molar-refractivity contribution in [2.45, 2.75) is 70.8 Å². The van der Waals surface area contributed by atoms with Gasteiger partial charge in [-0.2, -0.15) is 0 Å². The number of nitrogens with one attached hydrogen (secondary N) is 2. The van der Waals surface area contributed by atoms with Crippen LogP contribution in [0.25, 0.3) is 0 Å². The summed E-state index contributed by atoms with van der Waals surface area (Å²) in [5, 5.41) is 6.01. The summed E-state index contributed by atoms with van der Waals surface area (Å²) in [6.45, 7) is 6.10. The first-order valence-electron chi connectivity index (χ1n) is 8.73. The number of anilines is 1. The maximum Gasteiger partial charge on any atom is 0.230 e. The Balaban J connectivity index is 2.09. The zero-order valence-corrected chi connectivity index (χ0v) is 14.4. The molecule has 23 heavy (non-hydrogen) atoms. The Hall–Kier alpha value is -1.84. The second-order valence-electron chi connectivity index (χ2n) is 6.59. The van der Waals surface area contributed by atoms with Crippen LogP contribution in [-0.2, 0) is 15.0 Å². The van der Waals surface area contributed by atoms with Crippen molar-refractivity contribution in [3.63, 3.8) is 0 Å². The van der Waals surface area contributed by atoms with E-state index in [2.05, 4.69) is 17.6 Å². The Morgan fingerprint density at radius 2 is 1.83 bits per heavy atom. The number of rotatable bonds is 7. The van der Waals surface area contributed by atoms with Gasteiger partial charge < -0.3 is 10.6 Å². The molecule has 0 radical (unpaired) electrons. The van der Waals surface area contributed by atoms with Crippen molar-refractivity contribution in [2.24, 2.45) is 0 Å². The van der Waals surface area contributed by atoms with E-state index in [-0.39, 0.29) is 23.3 Å². The molecule has 1 saturated carbocycles. The van der Waals surface area contributed by atoms with Crippen LogP contribution in [0.2, 0.25) is 0 Å². The van der Waals surface area contributed by atoms with Crippen LogP contribution in [0.1, 0.15) is 64.9 Å². The fourth-order valence-electron chi connectivity index (χ4n) is 2.96. The van der Waals surface area contributed by atoms with Crippen LogP contribution in [-0.4, -0.2) is 17.9 Å². The third-order valence-electron chi connectivity index (χ3n) is 4.83. The molecular formula is C19H28N2O2. The average Bonchev–Trinajstić information content (AvgIpc) is 2.48. The van der Waals surface area contributed by atoms with Crippen LogP contribution in [0.4, 0.5) is 5.69 Å². The smallest absolute Gasteiger partial charge is 0.230 e. The molecule has 1 fully saturated rings. The molecule has 1 aliphatic carbocycles. The summed E-state index contributed by atoms with van der Waals surface area (Å²) in [6, 6.07) is 7.97. The Kier molecular flexibility index (Phi) is 5.80. The van der Waals surface area contributed by atoms with Crippen LogP contribution >= 0.6 is 0 Å². The first-order chi connectivity index (χ1) is 11.0. The van der Waals surface area contributed by atoms with E-state index in [1.165, 1.54) is 0 Å². The van der Waals surface area contributed by atoms with E-state index in [4.69, 9.17) is 0 Å². The molecule has 0 aromatic heterocycles. The lowest BCUT2D eigenvalue weighted by atomic mass is 9.63. The third-order valence-corrected chi connectivity index (χ3v) is 4.83. The van der Waals surface area contributed by atoms with Crippen molar-refractivity contribution in [1.82, 2.24) is 5.32 Å². The van der Waals surface area contributed by atoms with Crippen molar-refractivity contribution in [1.29, 1.82) is 0 Å². The average molecular weight is 316 g/mol. The molecule has 2 N–H and O–H groups in total. The standard InChI is InChI=1S/C19H28N2O2/c1-4-7-17(22)21-16-10-8-15(9-11-16)19(12-6-13-19)18(23)20-14(3)5-2/h8-11,14H,4-7,12-13H2,1-3H3,(H,20,23)(H,21,22)/t14-/m1/s1. The fraction of sp³-hybridized carbons (Fsp3) is 0.579. The highest BCUT2D eigenvalue weighted by Crippen LogP contribution is 2.44. The maximum atomic E-state index is 12.7. The highest BCUT2D eigenvalue weighted by Gasteiger charge is 2.45. The van der Waals surface area contributed by atoms with Gasteiger partial charge in [0.1, 0.15) is 0 Å². The third kappa shape index (κ3) is 3.92. The van der Waals surface area contributed by atoms with Crippen molar-refractivity contribution in [2.75, 3.05) is 5.32 Å². The molecule has 1 aromatic rings. The van der Waals surface area contributed by atoms with Crippen molar-refractivity contribution in [3.8, 4) is 0 Å². The van der Waals surface area contributed by atoms with Gasteiger partial charge in [0.05, 0.1) is 5.41 Å². The van der Waals surface area contributed by atoms with Crippen LogP contribution < -0.4 is 10.6 Å². The minimum absolute atomic E-state index is 0.0353. The number of benzene rings is 1. The molecule has 4 heteroatoms. The normalized spacial score (nSPS) is 17.0. The largest absolute Gasteiger partial charge is 0.353 e. The number of amides is 2. The van der Waals surface area contributed by atoms with Gasteiger partial charge in [-0.15, -0.1) is 0 Å². The number of carbonyl (C=O) groups is 2. The van der Waals surface area contributed by atoms with E-state index in [1.807, 2.05) is 38.1 Å². The highest BCUT2D eigenvalue weighted by atomic mass is 16.2.